The van der Waals surface area contributed by atoms with Crippen molar-refractivity contribution in [2.75, 3.05) is 39.3 Å². The first-order valence-corrected chi connectivity index (χ1v) is 14.9. The summed E-state index contributed by atoms with van der Waals surface area (Å²) in [6, 6.07) is 1.79. The maximum atomic E-state index is 3.22. The van der Waals surface area contributed by atoms with Crippen LogP contribution in [0.2, 0.25) is 0 Å². The van der Waals surface area contributed by atoms with E-state index in [0.29, 0.717) is 0 Å². The molecule has 192 valence electrons. The average Bonchev–Trinajstić information content (AvgIpc) is 3.62. The number of nitrogens with zero attached hydrogens (tertiary/aromatic N) is 2. The summed E-state index contributed by atoms with van der Waals surface area (Å²) < 4.78 is 0. The molecule has 0 amide bonds. The molecule has 3 nitrogen and oxygen atoms in total. The molecule has 3 rings (SSSR count). The van der Waals surface area contributed by atoms with Crippen molar-refractivity contribution in [1.82, 2.24) is 15.1 Å². The Balaban J connectivity index is 0.000000264. The summed E-state index contributed by atoms with van der Waals surface area (Å²) in [5.41, 5.74) is 0. The van der Waals surface area contributed by atoms with E-state index in [-0.39, 0.29) is 0 Å². The highest BCUT2D eigenvalue weighted by Crippen LogP contribution is 2.20. The summed E-state index contributed by atoms with van der Waals surface area (Å²) in [4.78, 5) is 5.42. The second kappa shape index (κ2) is 21.4. The molecule has 3 heteroatoms. The molecular weight excluding hydrogens is 390 g/mol. The van der Waals surface area contributed by atoms with Gasteiger partial charge in [-0.2, -0.15) is 0 Å². The second-order valence-electron chi connectivity index (χ2n) is 10.4. The fourth-order valence-corrected chi connectivity index (χ4v) is 5.56. The monoisotopic (exact) mass is 451 g/mol. The number of unbranched alkanes of at least 4 members (excludes halogenated alkanes) is 5. The minimum Gasteiger partial charge on any atom is -0.317 e. The summed E-state index contributed by atoms with van der Waals surface area (Å²) >= 11 is 0. The summed E-state index contributed by atoms with van der Waals surface area (Å²) in [7, 11) is 0. The van der Waals surface area contributed by atoms with Gasteiger partial charge in [-0.1, -0.05) is 72.6 Å². The minimum atomic E-state index is 0.897. The highest BCUT2D eigenvalue weighted by Gasteiger charge is 2.20. The Morgan fingerprint density at radius 3 is 1.28 bits per heavy atom. The van der Waals surface area contributed by atoms with E-state index in [0.717, 1.165) is 12.1 Å². The molecule has 0 aromatic heterocycles. The van der Waals surface area contributed by atoms with Crippen LogP contribution in [0.4, 0.5) is 0 Å². The fourth-order valence-electron chi connectivity index (χ4n) is 5.56. The molecular formula is C29H61N3. The van der Waals surface area contributed by atoms with Crippen LogP contribution in [-0.2, 0) is 0 Å². The van der Waals surface area contributed by atoms with Gasteiger partial charge in [0.25, 0.3) is 0 Å². The first-order chi connectivity index (χ1) is 15.8. The molecule has 1 N–H and O–H groups in total. The van der Waals surface area contributed by atoms with Crippen molar-refractivity contribution < 1.29 is 0 Å². The molecule has 2 unspecified atom stereocenters. The van der Waals surface area contributed by atoms with Gasteiger partial charge in [0.05, 0.1) is 0 Å². The molecule has 3 fully saturated rings. The van der Waals surface area contributed by atoms with Crippen LogP contribution in [0.1, 0.15) is 137 Å². The Kier molecular flexibility index (Phi) is 20.0. The molecule has 0 bridgehead atoms. The highest BCUT2D eigenvalue weighted by atomic mass is 15.2. The van der Waals surface area contributed by atoms with Crippen LogP contribution in [-0.4, -0.2) is 61.2 Å². The van der Waals surface area contributed by atoms with Crippen LogP contribution in [0.25, 0.3) is 0 Å². The zero-order valence-electron chi connectivity index (χ0n) is 22.8. The topological polar surface area (TPSA) is 18.5 Å². The number of hydrogen-bond acceptors (Lipinski definition) is 3. The number of nitrogens with one attached hydrogen (secondary N) is 1. The van der Waals surface area contributed by atoms with Crippen molar-refractivity contribution in [2.45, 2.75) is 149 Å². The molecule has 0 aromatic rings. The number of hydrogen-bond donors (Lipinski definition) is 1. The van der Waals surface area contributed by atoms with E-state index >= 15 is 0 Å². The third-order valence-corrected chi connectivity index (χ3v) is 7.75. The lowest BCUT2D eigenvalue weighted by Gasteiger charge is -2.26. The lowest BCUT2D eigenvalue weighted by molar-refractivity contribution is 0.220. The van der Waals surface area contributed by atoms with Gasteiger partial charge in [0.2, 0.25) is 0 Å². The predicted molar refractivity (Wildman–Crippen MR) is 145 cm³/mol. The average molecular weight is 452 g/mol. The zero-order valence-corrected chi connectivity index (χ0v) is 22.8. The molecule has 3 aliphatic rings. The van der Waals surface area contributed by atoms with Gasteiger partial charge < -0.3 is 15.1 Å². The first kappa shape index (κ1) is 29.9. The Bertz CT molecular complexity index is 363. The largest absolute Gasteiger partial charge is 0.317 e. The van der Waals surface area contributed by atoms with Crippen molar-refractivity contribution >= 4 is 0 Å². The van der Waals surface area contributed by atoms with E-state index in [2.05, 4.69) is 42.8 Å². The molecule has 0 radical (unpaired) electrons. The summed E-state index contributed by atoms with van der Waals surface area (Å²) in [5, 5.41) is 3.22. The molecule has 0 aliphatic carbocycles. The fraction of sp³-hybridized carbons (Fsp3) is 1.00. The van der Waals surface area contributed by atoms with Crippen LogP contribution < -0.4 is 5.32 Å². The second-order valence-corrected chi connectivity index (χ2v) is 10.4. The Labute approximate surface area is 203 Å². The van der Waals surface area contributed by atoms with Crippen LogP contribution in [0.5, 0.6) is 0 Å². The lowest BCUT2D eigenvalue weighted by atomic mass is 10.0. The summed E-state index contributed by atoms with van der Waals surface area (Å²) in [6.07, 6.45) is 24.0. The third-order valence-electron chi connectivity index (χ3n) is 7.75. The molecule has 32 heavy (non-hydrogen) atoms. The molecule has 0 spiro atoms. The molecule has 3 heterocycles. The predicted octanol–water partition coefficient (Wildman–Crippen LogP) is 7.64. The smallest absolute Gasteiger partial charge is 0.00926 e. The maximum Gasteiger partial charge on any atom is 0.00926 e. The van der Waals surface area contributed by atoms with Crippen molar-refractivity contribution in [3.8, 4) is 0 Å². The van der Waals surface area contributed by atoms with E-state index in [1.165, 1.54) is 148 Å². The van der Waals surface area contributed by atoms with Crippen LogP contribution in [0, 0.1) is 0 Å². The van der Waals surface area contributed by atoms with E-state index in [9.17, 15) is 0 Å². The quantitative estimate of drug-likeness (QED) is 0.290. The molecule has 0 saturated carbocycles. The maximum absolute atomic E-state index is 3.22. The van der Waals surface area contributed by atoms with E-state index in [1.54, 1.807) is 0 Å². The SMILES string of the molecule is C1CCNC1.CCCCCC(CC)N1CCCC1.CCCCCCC(CC)N1CCCC1. The summed E-state index contributed by atoms with van der Waals surface area (Å²) in [6.45, 7) is 17.2. The highest BCUT2D eigenvalue weighted by molar-refractivity contribution is 4.76. The first-order valence-electron chi connectivity index (χ1n) is 14.9. The summed E-state index contributed by atoms with van der Waals surface area (Å²) in [5.74, 6) is 0. The molecule has 3 aliphatic heterocycles. The molecule has 0 aromatic carbocycles. The van der Waals surface area contributed by atoms with Gasteiger partial charge >= 0.3 is 0 Å². The van der Waals surface area contributed by atoms with Gasteiger partial charge in [0, 0.05) is 12.1 Å². The Morgan fingerprint density at radius 1 is 0.531 bits per heavy atom. The van der Waals surface area contributed by atoms with Gasteiger partial charge in [0.1, 0.15) is 0 Å². The van der Waals surface area contributed by atoms with Gasteiger partial charge in [-0.15, -0.1) is 0 Å². The molecule has 2 atom stereocenters. The van der Waals surface area contributed by atoms with E-state index in [4.69, 9.17) is 0 Å². The third kappa shape index (κ3) is 14.2. The number of likely N-dealkylation sites (tertiary alicyclic amines) is 2. The molecule has 3 saturated heterocycles. The van der Waals surface area contributed by atoms with E-state index in [1.807, 2.05) is 0 Å². The lowest BCUT2D eigenvalue weighted by Crippen LogP contribution is -2.31. The number of rotatable bonds is 13. The van der Waals surface area contributed by atoms with Crippen LogP contribution in [0.3, 0.4) is 0 Å². The van der Waals surface area contributed by atoms with Gasteiger partial charge in [-0.3, -0.25) is 0 Å². The van der Waals surface area contributed by atoms with Crippen molar-refractivity contribution in [3.05, 3.63) is 0 Å². The van der Waals surface area contributed by atoms with Crippen molar-refractivity contribution in [1.29, 1.82) is 0 Å². The minimum absolute atomic E-state index is 0.897. The van der Waals surface area contributed by atoms with E-state index < -0.39 is 0 Å². The van der Waals surface area contributed by atoms with Gasteiger partial charge in [-0.25, -0.2) is 0 Å². The van der Waals surface area contributed by atoms with Gasteiger partial charge in [0.15, 0.2) is 0 Å². The van der Waals surface area contributed by atoms with Crippen LogP contribution in [0.15, 0.2) is 0 Å². The van der Waals surface area contributed by atoms with Crippen molar-refractivity contribution in [2.24, 2.45) is 0 Å². The standard InChI is InChI=1S/C13H27N.C12H25N.C4H9N/c1-3-5-6-7-10-13(4-2)14-11-8-9-12-14;1-3-5-6-9-12(4-2)13-10-7-8-11-13;1-2-4-5-3-1/h13H,3-12H2,1-2H3;12H,3-11H2,1-2H3;5H,1-4H2. The van der Waals surface area contributed by atoms with Crippen LogP contribution >= 0.6 is 0 Å². The van der Waals surface area contributed by atoms with Crippen molar-refractivity contribution in [3.63, 3.8) is 0 Å². The zero-order chi connectivity index (χ0) is 23.3. The van der Waals surface area contributed by atoms with Gasteiger partial charge in [-0.05, 0) is 103 Å². The Hall–Kier alpha value is -0.120. The normalized spacial score (nSPS) is 21.0. The Morgan fingerprint density at radius 2 is 0.938 bits per heavy atom.